The SMILES string of the molecule is CC(N)=NC(N)=NCc1ccc(-c2ccc(C[P+](c3ccccc3)(c3ccccc3)c3ccccc3)cc2)cc1. The standard InChI is InChI=1S/C35H34N4P/c1-27(36)39-35(37)38-25-28-17-21-30(22-18-28)31-23-19-29(20-24-31)26-40(32-11-5-2-6-12-32,33-13-7-3-8-14-33)34-15-9-4-10-16-34/h2-24H,25-26H2,1H3,(H4,36,37,38,39)/q+1. The van der Waals surface area contributed by atoms with Crippen LogP contribution in [-0.4, -0.2) is 11.8 Å². The first kappa shape index (κ1) is 27.1. The molecule has 0 unspecified atom stereocenters. The van der Waals surface area contributed by atoms with E-state index < -0.39 is 7.26 Å². The number of rotatable bonds is 8. The fraction of sp³-hybridized carbons (Fsp3) is 0.0857. The number of hydrogen-bond donors (Lipinski definition) is 2. The van der Waals surface area contributed by atoms with Crippen molar-refractivity contribution in [1.29, 1.82) is 0 Å². The Hall–Kier alpha value is -4.53. The van der Waals surface area contributed by atoms with E-state index in [1.165, 1.54) is 32.6 Å². The molecule has 0 fully saturated rings. The molecule has 5 heteroatoms. The van der Waals surface area contributed by atoms with Crippen molar-refractivity contribution in [3.8, 4) is 11.1 Å². The summed E-state index contributed by atoms with van der Waals surface area (Å²) in [7, 11) is -1.93. The molecule has 4 N–H and O–H groups in total. The largest absolute Gasteiger partial charge is 0.387 e. The van der Waals surface area contributed by atoms with Gasteiger partial charge in [-0.15, -0.1) is 0 Å². The number of guanidine groups is 1. The van der Waals surface area contributed by atoms with Crippen LogP contribution < -0.4 is 27.4 Å². The number of amidine groups is 1. The van der Waals surface area contributed by atoms with E-state index in [2.05, 4.69) is 150 Å². The van der Waals surface area contributed by atoms with Crippen molar-refractivity contribution in [2.75, 3.05) is 0 Å². The quantitative estimate of drug-likeness (QED) is 0.143. The number of nitrogens with zero attached hydrogens (tertiary/aromatic N) is 2. The van der Waals surface area contributed by atoms with E-state index in [1.807, 2.05) is 0 Å². The molecule has 5 aromatic rings. The molecular weight excluding hydrogens is 507 g/mol. The van der Waals surface area contributed by atoms with Crippen LogP contribution in [0.3, 0.4) is 0 Å². The van der Waals surface area contributed by atoms with Crippen molar-refractivity contribution in [3.05, 3.63) is 151 Å². The van der Waals surface area contributed by atoms with Crippen LogP contribution in [0.2, 0.25) is 0 Å². The van der Waals surface area contributed by atoms with Gasteiger partial charge in [-0.2, -0.15) is 0 Å². The molecule has 0 saturated heterocycles. The Morgan fingerprint density at radius 1 is 0.550 bits per heavy atom. The maximum atomic E-state index is 5.80. The molecule has 0 radical (unpaired) electrons. The third kappa shape index (κ3) is 6.20. The fourth-order valence-corrected chi connectivity index (χ4v) is 9.28. The summed E-state index contributed by atoms with van der Waals surface area (Å²) in [6.07, 6.45) is 0.953. The second-order valence-corrected chi connectivity index (χ2v) is 13.3. The van der Waals surface area contributed by atoms with Crippen molar-refractivity contribution in [2.45, 2.75) is 19.6 Å². The van der Waals surface area contributed by atoms with Crippen molar-refractivity contribution in [3.63, 3.8) is 0 Å². The third-order valence-corrected chi connectivity index (χ3v) is 11.3. The van der Waals surface area contributed by atoms with Gasteiger partial charge in [-0.25, -0.2) is 9.98 Å². The monoisotopic (exact) mass is 541 g/mol. The lowest BCUT2D eigenvalue weighted by Crippen LogP contribution is -2.32. The van der Waals surface area contributed by atoms with E-state index >= 15 is 0 Å². The van der Waals surface area contributed by atoms with Crippen LogP contribution in [-0.2, 0) is 12.7 Å². The lowest BCUT2D eigenvalue weighted by molar-refractivity contribution is 1.05. The second kappa shape index (κ2) is 12.5. The summed E-state index contributed by atoms with van der Waals surface area (Å²) in [6.45, 7) is 2.15. The van der Waals surface area contributed by atoms with E-state index in [4.69, 9.17) is 11.5 Å². The van der Waals surface area contributed by atoms with Crippen LogP contribution in [0.1, 0.15) is 18.1 Å². The van der Waals surface area contributed by atoms with Gasteiger partial charge in [0.1, 0.15) is 23.2 Å². The van der Waals surface area contributed by atoms with Gasteiger partial charge in [-0.3, -0.25) is 0 Å². The summed E-state index contributed by atoms with van der Waals surface area (Å²) in [5.41, 5.74) is 16.1. The summed E-state index contributed by atoms with van der Waals surface area (Å²) in [4.78, 5) is 8.26. The minimum absolute atomic E-state index is 0.195. The van der Waals surface area contributed by atoms with Gasteiger partial charge in [-0.1, -0.05) is 103 Å². The molecule has 4 nitrogen and oxygen atoms in total. The fourth-order valence-electron chi connectivity index (χ4n) is 5.04. The van der Waals surface area contributed by atoms with Crippen LogP contribution in [0.25, 0.3) is 11.1 Å². The summed E-state index contributed by atoms with van der Waals surface area (Å²) in [5, 5.41) is 4.17. The maximum absolute atomic E-state index is 5.80. The highest BCUT2D eigenvalue weighted by Gasteiger charge is 2.45. The average Bonchev–Trinajstić information content (AvgIpc) is 3.00. The Morgan fingerprint density at radius 2 is 0.950 bits per heavy atom. The highest BCUT2D eigenvalue weighted by Crippen LogP contribution is 2.58. The normalized spacial score (nSPS) is 12.3. The van der Waals surface area contributed by atoms with Crippen LogP contribution in [0.4, 0.5) is 0 Å². The Balaban J connectivity index is 1.45. The molecule has 0 aliphatic rings. The molecule has 0 atom stereocenters. The van der Waals surface area contributed by atoms with E-state index in [-0.39, 0.29) is 5.96 Å². The Bertz CT molecular complexity index is 1480. The third-order valence-electron chi connectivity index (χ3n) is 6.97. The summed E-state index contributed by atoms with van der Waals surface area (Å²) in [5.74, 6) is 0.593. The molecule has 0 saturated carbocycles. The molecule has 198 valence electrons. The van der Waals surface area contributed by atoms with Crippen molar-refractivity contribution in [1.82, 2.24) is 0 Å². The predicted octanol–water partition coefficient (Wildman–Crippen LogP) is 6.04. The van der Waals surface area contributed by atoms with Gasteiger partial charge in [0.2, 0.25) is 5.96 Å². The summed E-state index contributed by atoms with van der Waals surface area (Å²) in [6, 6.07) is 50.5. The van der Waals surface area contributed by atoms with E-state index in [9.17, 15) is 0 Å². The van der Waals surface area contributed by atoms with Crippen molar-refractivity contribution >= 4 is 35.0 Å². The topological polar surface area (TPSA) is 76.8 Å². The highest BCUT2D eigenvalue weighted by atomic mass is 31.2. The van der Waals surface area contributed by atoms with Gasteiger partial charge in [0.05, 0.1) is 18.5 Å². The van der Waals surface area contributed by atoms with Gasteiger partial charge in [0.25, 0.3) is 0 Å². The lowest BCUT2D eigenvalue weighted by atomic mass is 10.0. The molecular formula is C35H34N4P+. The molecule has 5 aromatic carbocycles. The van der Waals surface area contributed by atoms with Gasteiger partial charge < -0.3 is 11.5 Å². The second-order valence-electron chi connectivity index (χ2n) is 9.80. The highest BCUT2D eigenvalue weighted by molar-refractivity contribution is 7.95. The van der Waals surface area contributed by atoms with E-state index in [0.717, 1.165) is 11.7 Å². The lowest BCUT2D eigenvalue weighted by Gasteiger charge is -2.28. The molecule has 5 rings (SSSR count). The van der Waals surface area contributed by atoms with Crippen molar-refractivity contribution in [2.24, 2.45) is 21.5 Å². The van der Waals surface area contributed by atoms with E-state index in [1.54, 1.807) is 6.92 Å². The zero-order valence-electron chi connectivity index (χ0n) is 22.7. The van der Waals surface area contributed by atoms with Crippen LogP contribution in [0.5, 0.6) is 0 Å². The van der Waals surface area contributed by atoms with Gasteiger partial charge in [0, 0.05) is 0 Å². The molecule has 0 spiro atoms. The number of benzene rings is 5. The molecule has 40 heavy (non-hydrogen) atoms. The molecule has 0 amide bonds. The predicted molar refractivity (Wildman–Crippen MR) is 173 cm³/mol. The first-order valence-corrected chi connectivity index (χ1v) is 15.4. The van der Waals surface area contributed by atoms with Crippen LogP contribution in [0, 0.1) is 0 Å². The first-order chi connectivity index (χ1) is 19.5. The van der Waals surface area contributed by atoms with Gasteiger partial charge in [-0.05, 0) is 65.6 Å². The average molecular weight is 542 g/mol. The van der Waals surface area contributed by atoms with Crippen LogP contribution in [0.15, 0.2) is 150 Å². The summed E-state index contributed by atoms with van der Waals surface area (Å²) < 4.78 is 0. The Kier molecular flexibility index (Phi) is 8.49. The van der Waals surface area contributed by atoms with E-state index in [0.29, 0.717) is 12.4 Å². The molecule has 0 aliphatic heterocycles. The number of nitrogens with two attached hydrogens (primary N) is 2. The van der Waals surface area contributed by atoms with Gasteiger partial charge in [0.15, 0.2) is 0 Å². The summed E-state index contributed by atoms with van der Waals surface area (Å²) >= 11 is 0. The number of hydrogen-bond acceptors (Lipinski definition) is 1. The Labute approximate surface area is 237 Å². The zero-order chi connectivity index (χ0) is 27.8. The molecule has 0 aliphatic carbocycles. The number of aliphatic imine (C=N–C) groups is 2. The maximum Gasteiger partial charge on any atom is 0.217 e. The minimum atomic E-state index is -1.93. The molecule has 0 aromatic heterocycles. The van der Waals surface area contributed by atoms with Crippen molar-refractivity contribution < 1.29 is 0 Å². The first-order valence-electron chi connectivity index (χ1n) is 13.4. The Morgan fingerprint density at radius 3 is 1.35 bits per heavy atom. The molecule has 0 heterocycles. The zero-order valence-corrected chi connectivity index (χ0v) is 23.6. The smallest absolute Gasteiger partial charge is 0.217 e. The van der Waals surface area contributed by atoms with Gasteiger partial charge >= 0.3 is 0 Å². The minimum Gasteiger partial charge on any atom is -0.387 e. The molecule has 0 bridgehead atoms. The van der Waals surface area contributed by atoms with Crippen LogP contribution >= 0.6 is 7.26 Å².